The lowest BCUT2D eigenvalue weighted by atomic mass is 10.0. The number of benzene rings is 1. The summed E-state index contributed by atoms with van der Waals surface area (Å²) in [6.07, 6.45) is 1.14. The Bertz CT molecular complexity index is 557. The fraction of sp³-hybridized carbons (Fsp3) is 0.0909. The summed E-state index contributed by atoms with van der Waals surface area (Å²) in [6, 6.07) is 1.13. The Morgan fingerprint density at radius 2 is 2.06 bits per heavy atom. The number of halogens is 2. The summed E-state index contributed by atoms with van der Waals surface area (Å²) < 4.78 is 26.2. The lowest BCUT2D eigenvalue weighted by Crippen LogP contribution is -2.43. The average Bonchev–Trinajstić information content (AvgIpc) is 2.27. The van der Waals surface area contributed by atoms with Crippen molar-refractivity contribution in [1.29, 1.82) is 0 Å². The van der Waals surface area contributed by atoms with Gasteiger partial charge >= 0.3 is 12.0 Å². The van der Waals surface area contributed by atoms with Gasteiger partial charge in [-0.15, -0.1) is 0 Å². The Morgan fingerprint density at radius 1 is 1.33 bits per heavy atom. The predicted molar refractivity (Wildman–Crippen MR) is 56.5 cm³/mol. The smallest absolute Gasteiger partial charge is 0.352 e. The SMILES string of the molecule is O=C1NC(C(=O)O)=CC(c2ccc(F)cc2F)N1. The zero-order chi connectivity index (χ0) is 13.3. The highest BCUT2D eigenvalue weighted by molar-refractivity contribution is 5.93. The Morgan fingerprint density at radius 3 is 2.67 bits per heavy atom. The van der Waals surface area contributed by atoms with E-state index < -0.39 is 29.7 Å². The van der Waals surface area contributed by atoms with Crippen LogP contribution in [0, 0.1) is 11.6 Å². The molecule has 1 aromatic carbocycles. The third-order valence-electron chi connectivity index (χ3n) is 2.40. The second-order valence-electron chi connectivity index (χ2n) is 3.63. The Hall–Kier alpha value is -2.44. The average molecular weight is 254 g/mol. The van der Waals surface area contributed by atoms with Gasteiger partial charge in [0.1, 0.15) is 17.3 Å². The number of carbonyl (C=O) groups is 2. The zero-order valence-corrected chi connectivity index (χ0v) is 8.91. The van der Waals surface area contributed by atoms with Crippen molar-refractivity contribution in [2.75, 3.05) is 0 Å². The van der Waals surface area contributed by atoms with Crippen LogP contribution in [0.25, 0.3) is 0 Å². The molecule has 18 heavy (non-hydrogen) atoms. The van der Waals surface area contributed by atoms with Crippen LogP contribution in [0.1, 0.15) is 11.6 Å². The zero-order valence-electron chi connectivity index (χ0n) is 8.91. The molecule has 1 heterocycles. The van der Waals surface area contributed by atoms with E-state index in [1.54, 1.807) is 0 Å². The molecule has 2 amide bonds. The Kier molecular flexibility index (Phi) is 2.97. The van der Waals surface area contributed by atoms with Gasteiger partial charge in [0.2, 0.25) is 0 Å². The van der Waals surface area contributed by atoms with Crippen LogP contribution < -0.4 is 10.6 Å². The summed E-state index contributed by atoms with van der Waals surface area (Å²) in [6.45, 7) is 0. The lowest BCUT2D eigenvalue weighted by molar-refractivity contribution is -0.133. The standard InChI is InChI=1S/C11H8F2N2O3/c12-5-1-2-6(7(13)3-5)8-4-9(10(16)17)15-11(18)14-8/h1-4,8H,(H,16,17)(H2,14,15,18). The maximum Gasteiger partial charge on any atom is 0.352 e. The van der Waals surface area contributed by atoms with Crippen LogP contribution in [0.2, 0.25) is 0 Å². The van der Waals surface area contributed by atoms with Crippen molar-refractivity contribution in [2.24, 2.45) is 0 Å². The molecule has 1 aliphatic heterocycles. The number of carboxylic acid groups (broad SMARTS) is 1. The maximum atomic E-state index is 13.5. The minimum Gasteiger partial charge on any atom is -0.477 e. The van der Waals surface area contributed by atoms with E-state index in [9.17, 15) is 18.4 Å². The lowest BCUT2D eigenvalue weighted by Gasteiger charge is -2.22. The van der Waals surface area contributed by atoms with Crippen molar-refractivity contribution in [3.05, 3.63) is 47.2 Å². The van der Waals surface area contributed by atoms with Gasteiger partial charge in [-0.2, -0.15) is 0 Å². The third-order valence-corrected chi connectivity index (χ3v) is 2.40. The van der Waals surface area contributed by atoms with Gasteiger partial charge in [0, 0.05) is 11.6 Å². The molecule has 2 rings (SSSR count). The van der Waals surface area contributed by atoms with Gasteiger partial charge < -0.3 is 15.7 Å². The van der Waals surface area contributed by atoms with Crippen LogP contribution >= 0.6 is 0 Å². The van der Waals surface area contributed by atoms with Crippen LogP contribution in [0.4, 0.5) is 13.6 Å². The molecule has 94 valence electrons. The first kappa shape index (κ1) is 12.0. The van der Waals surface area contributed by atoms with E-state index in [2.05, 4.69) is 10.6 Å². The topological polar surface area (TPSA) is 78.4 Å². The molecule has 0 aromatic heterocycles. The van der Waals surface area contributed by atoms with Gasteiger partial charge in [0.25, 0.3) is 0 Å². The molecule has 7 heteroatoms. The monoisotopic (exact) mass is 254 g/mol. The van der Waals surface area contributed by atoms with Crippen molar-refractivity contribution in [3.63, 3.8) is 0 Å². The molecule has 1 unspecified atom stereocenters. The predicted octanol–water partition coefficient (Wildman–Crippen LogP) is 1.29. The summed E-state index contributed by atoms with van der Waals surface area (Å²) in [5.41, 5.74) is -0.363. The van der Waals surface area contributed by atoms with E-state index in [0.717, 1.165) is 18.2 Å². The number of carboxylic acids is 1. The minimum absolute atomic E-state index is 0.00926. The number of carbonyl (C=O) groups excluding carboxylic acids is 1. The van der Waals surface area contributed by atoms with E-state index in [1.165, 1.54) is 0 Å². The first-order valence-electron chi connectivity index (χ1n) is 4.95. The van der Waals surface area contributed by atoms with Crippen molar-refractivity contribution < 1.29 is 23.5 Å². The number of urea groups is 1. The van der Waals surface area contributed by atoms with Gasteiger partial charge in [-0.05, 0) is 12.1 Å². The fourth-order valence-electron chi connectivity index (χ4n) is 1.60. The first-order chi connectivity index (χ1) is 8.47. The molecule has 1 atom stereocenters. The van der Waals surface area contributed by atoms with E-state index in [0.29, 0.717) is 6.07 Å². The Labute approximate surface area is 100 Å². The van der Waals surface area contributed by atoms with Crippen LogP contribution in [0.3, 0.4) is 0 Å². The van der Waals surface area contributed by atoms with E-state index in [4.69, 9.17) is 5.11 Å². The van der Waals surface area contributed by atoms with E-state index >= 15 is 0 Å². The molecular formula is C11H8F2N2O3. The molecule has 0 aliphatic carbocycles. The number of hydrogen-bond acceptors (Lipinski definition) is 2. The molecule has 0 bridgehead atoms. The Balaban J connectivity index is 2.40. The van der Waals surface area contributed by atoms with Gasteiger partial charge in [0.15, 0.2) is 0 Å². The molecule has 0 fully saturated rings. The molecule has 0 radical (unpaired) electrons. The number of rotatable bonds is 2. The molecule has 1 aliphatic rings. The second kappa shape index (κ2) is 4.44. The van der Waals surface area contributed by atoms with Crippen molar-refractivity contribution >= 4 is 12.0 Å². The molecule has 0 saturated heterocycles. The summed E-state index contributed by atoms with van der Waals surface area (Å²) in [5.74, 6) is -2.94. The molecule has 5 nitrogen and oxygen atoms in total. The molecule has 0 saturated carbocycles. The highest BCUT2D eigenvalue weighted by Gasteiger charge is 2.25. The fourth-order valence-corrected chi connectivity index (χ4v) is 1.60. The van der Waals surface area contributed by atoms with Crippen molar-refractivity contribution in [1.82, 2.24) is 10.6 Å². The van der Waals surface area contributed by atoms with Crippen LogP contribution in [0.15, 0.2) is 30.0 Å². The van der Waals surface area contributed by atoms with E-state index in [1.807, 2.05) is 0 Å². The van der Waals surface area contributed by atoms with Crippen LogP contribution in [-0.4, -0.2) is 17.1 Å². The molecular weight excluding hydrogens is 246 g/mol. The summed E-state index contributed by atoms with van der Waals surface area (Å²) in [7, 11) is 0. The first-order valence-corrected chi connectivity index (χ1v) is 4.95. The normalized spacial score (nSPS) is 18.7. The minimum atomic E-state index is -1.34. The number of nitrogens with one attached hydrogen (secondary N) is 2. The number of amides is 2. The van der Waals surface area contributed by atoms with Gasteiger partial charge in [0.05, 0.1) is 6.04 Å². The van der Waals surface area contributed by atoms with E-state index in [-0.39, 0.29) is 11.3 Å². The quantitative estimate of drug-likeness (QED) is 0.744. The largest absolute Gasteiger partial charge is 0.477 e. The third kappa shape index (κ3) is 2.29. The van der Waals surface area contributed by atoms with Crippen LogP contribution in [0.5, 0.6) is 0 Å². The number of hydrogen-bond donors (Lipinski definition) is 3. The van der Waals surface area contributed by atoms with Crippen molar-refractivity contribution in [2.45, 2.75) is 6.04 Å². The molecule has 0 spiro atoms. The van der Waals surface area contributed by atoms with Crippen molar-refractivity contribution in [3.8, 4) is 0 Å². The maximum absolute atomic E-state index is 13.5. The number of aliphatic carboxylic acids is 1. The summed E-state index contributed by atoms with van der Waals surface area (Å²) >= 11 is 0. The molecule has 3 N–H and O–H groups in total. The molecule has 1 aromatic rings. The van der Waals surface area contributed by atoms with Crippen LogP contribution in [-0.2, 0) is 4.79 Å². The van der Waals surface area contributed by atoms with Gasteiger partial charge in [-0.1, -0.05) is 6.07 Å². The van der Waals surface area contributed by atoms with Gasteiger partial charge in [-0.3, -0.25) is 0 Å². The summed E-state index contributed by atoms with van der Waals surface area (Å²) in [4.78, 5) is 22.0. The highest BCUT2D eigenvalue weighted by Crippen LogP contribution is 2.22. The summed E-state index contributed by atoms with van der Waals surface area (Å²) in [5, 5.41) is 13.2. The van der Waals surface area contributed by atoms with Gasteiger partial charge in [-0.25, -0.2) is 18.4 Å². The highest BCUT2D eigenvalue weighted by atomic mass is 19.1. The second-order valence-corrected chi connectivity index (χ2v) is 3.63.